The third-order valence-electron chi connectivity index (χ3n) is 17.4. The molecule has 6 atom stereocenters. The summed E-state index contributed by atoms with van der Waals surface area (Å²) in [5.41, 5.74) is 0. The second-order valence-corrected chi connectivity index (χ2v) is 31.3. The number of aliphatic hydroxyl groups excluding tert-OH is 1. The average Bonchev–Trinajstić information content (AvgIpc) is 1.41. The molecule has 4 unspecified atom stereocenters. The van der Waals surface area contributed by atoms with E-state index in [9.17, 15) is 43.2 Å². The van der Waals surface area contributed by atoms with Crippen molar-refractivity contribution >= 4 is 39.5 Å². The van der Waals surface area contributed by atoms with Gasteiger partial charge in [-0.2, -0.15) is 0 Å². The SMILES string of the molecule is CCC(C)CCCCCCCCCCCCCCCCC(=O)OC[C@H](COP(=O)(O)OCC(O)COP(=O)(O)OC[C@@H](COC(=O)CCCCCCCCCC(C)C)OC(=O)CCCCCCCCCCCCC(C)C)OC(=O)CCCCCCCCCCCC(C)C. The van der Waals surface area contributed by atoms with Gasteiger partial charge in [0.2, 0.25) is 0 Å². The number of ether oxygens (including phenoxy) is 4. The summed E-state index contributed by atoms with van der Waals surface area (Å²) < 4.78 is 68.4. The Morgan fingerprint density at radius 1 is 0.301 bits per heavy atom. The minimum absolute atomic E-state index is 0.105. The zero-order valence-corrected chi connectivity index (χ0v) is 62.7. The van der Waals surface area contributed by atoms with E-state index < -0.39 is 97.5 Å². The molecule has 0 aromatic carbocycles. The van der Waals surface area contributed by atoms with Crippen molar-refractivity contribution in [3.8, 4) is 0 Å². The van der Waals surface area contributed by atoms with Gasteiger partial charge in [0.15, 0.2) is 12.2 Å². The highest BCUT2D eigenvalue weighted by Crippen LogP contribution is 2.45. The Bertz CT molecular complexity index is 1840. The molecule has 0 bridgehead atoms. The van der Waals surface area contributed by atoms with Crippen molar-refractivity contribution in [3.63, 3.8) is 0 Å². The first kappa shape index (κ1) is 91.1. The summed E-state index contributed by atoms with van der Waals surface area (Å²) in [6.45, 7) is 14.1. The fourth-order valence-electron chi connectivity index (χ4n) is 11.2. The molecule has 3 N–H and O–H groups in total. The predicted molar refractivity (Wildman–Crippen MR) is 377 cm³/mol. The minimum atomic E-state index is -4.96. The van der Waals surface area contributed by atoms with Gasteiger partial charge in [-0.3, -0.25) is 37.3 Å². The van der Waals surface area contributed by atoms with Gasteiger partial charge in [0.25, 0.3) is 0 Å². The first-order valence-corrected chi connectivity index (χ1v) is 41.2. The zero-order valence-electron chi connectivity index (χ0n) is 60.9. The van der Waals surface area contributed by atoms with Crippen LogP contribution in [0.1, 0.15) is 370 Å². The maximum absolute atomic E-state index is 13.1. The molecule has 0 saturated heterocycles. The Morgan fingerprint density at radius 3 is 0.763 bits per heavy atom. The summed E-state index contributed by atoms with van der Waals surface area (Å²) in [6.07, 6.45) is 47.2. The van der Waals surface area contributed by atoms with E-state index in [0.717, 1.165) is 114 Å². The van der Waals surface area contributed by atoms with Crippen LogP contribution in [-0.4, -0.2) is 96.7 Å². The number of esters is 4. The lowest BCUT2D eigenvalue weighted by molar-refractivity contribution is -0.161. The van der Waals surface area contributed by atoms with E-state index in [0.29, 0.717) is 31.6 Å². The van der Waals surface area contributed by atoms with Gasteiger partial charge in [0.1, 0.15) is 19.3 Å². The maximum Gasteiger partial charge on any atom is 0.472 e. The normalized spacial score (nSPS) is 14.5. The number of carbonyl (C=O) groups is 4. The Kier molecular flexibility index (Phi) is 62.2. The molecule has 552 valence electrons. The largest absolute Gasteiger partial charge is 0.472 e. The quantitative estimate of drug-likeness (QED) is 0.0222. The molecule has 0 radical (unpaired) electrons. The molecular formula is C74H144O17P2. The number of aliphatic hydroxyl groups is 1. The van der Waals surface area contributed by atoms with Crippen molar-refractivity contribution in [2.24, 2.45) is 23.7 Å². The van der Waals surface area contributed by atoms with Crippen molar-refractivity contribution < 1.29 is 80.2 Å². The molecule has 0 heterocycles. The highest BCUT2D eigenvalue weighted by molar-refractivity contribution is 7.47. The van der Waals surface area contributed by atoms with Gasteiger partial charge >= 0.3 is 39.5 Å². The monoisotopic (exact) mass is 1370 g/mol. The van der Waals surface area contributed by atoms with Crippen LogP contribution in [0.3, 0.4) is 0 Å². The molecule has 0 aliphatic carbocycles. The lowest BCUT2D eigenvalue weighted by Crippen LogP contribution is -2.30. The Balaban J connectivity index is 5.22. The average molecular weight is 1370 g/mol. The molecule has 0 aliphatic heterocycles. The molecular weight excluding hydrogens is 1220 g/mol. The van der Waals surface area contributed by atoms with Crippen LogP contribution in [0.2, 0.25) is 0 Å². The van der Waals surface area contributed by atoms with E-state index in [1.165, 1.54) is 167 Å². The number of carbonyl (C=O) groups excluding carboxylic acids is 4. The van der Waals surface area contributed by atoms with Crippen molar-refractivity contribution in [2.75, 3.05) is 39.6 Å². The van der Waals surface area contributed by atoms with Crippen LogP contribution in [0.25, 0.3) is 0 Å². The third-order valence-corrected chi connectivity index (χ3v) is 19.3. The maximum atomic E-state index is 13.1. The number of hydrogen-bond acceptors (Lipinski definition) is 15. The van der Waals surface area contributed by atoms with Crippen molar-refractivity contribution in [1.82, 2.24) is 0 Å². The first-order valence-electron chi connectivity index (χ1n) is 38.2. The summed E-state index contributed by atoms with van der Waals surface area (Å²) in [7, 11) is -9.91. The first-order chi connectivity index (χ1) is 44.6. The third kappa shape index (κ3) is 67.0. The molecule has 19 heteroatoms. The summed E-state index contributed by atoms with van der Waals surface area (Å²) in [6, 6.07) is 0. The van der Waals surface area contributed by atoms with Crippen LogP contribution in [0.15, 0.2) is 0 Å². The predicted octanol–water partition coefficient (Wildman–Crippen LogP) is 21.3. The van der Waals surface area contributed by atoms with E-state index in [1.54, 1.807) is 0 Å². The number of hydrogen-bond donors (Lipinski definition) is 3. The van der Waals surface area contributed by atoms with E-state index in [-0.39, 0.29) is 25.7 Å². The van der Waals surface area contributed by atoms with Crippen LogP contribution >= 0.6 is 15.6 Å². The Hall–Kier alpha value is -1.94. The van der Waals surface area contributed by atoms with Crippen molar-refractivity contribution in [1.29, 1.82) is 0 Å². The number of phosphoric ester groups is 2. The molecule has 0 amide bonds. The van der Waals surface area contributed by atoms with Crippen LogP contribution in [0, 0.1) is 23.7 Å². The van der Waals surface area contributed by atoms with E-state index >= 15 is 0 Å². The van der Waals surface area contributed by atoms with Gasteiger partial charge in [0, 0.05) is 25.7 Å². The van der Waals surface area contributed by atoms with Gasteiger partial charge in [-0.15, -0.1) is 0 Å². The van der Waals surface area contributed by atoms with Crippen LogP contribution in [-0.2, 0) is 65.4 Å². The minimum Gasteiger partial charge on any atom is -0.462 e. The van der Waals surface area contributed by atoms with E-state index in [4.69, 9.17) is 37.0 Å². The van der Waals surface area contributed by atoms with Crippen molar-refractivity contribution in [3.05, 3.63) is 0 Å². The molecule has 0 aliphatic rings. The molecule has 0 aromatic rings. The molecule has 93 heavy (non-hydrogen) atoms. The number of phosphoric acid groups is 2. The summed E-state index contributed by atoms with van der Waals surface area (Å²) >= 11 is 0. The summed E-state index contributed by atoms with van der Waals surface area (Å²) in [5, 5.41) is 10.6. The fourth-order valence-corrected chi connectivity index (χ4v) is 12.7. The zero-order chi connectivity index (χ0) is 68.9. The van der Waals surface area contributed by atoms with Crippen LogP contribution in [0.4, 0.5) is 0 Å². The Labute approximate surface area is 568 Å². The van der Waals surface area contributed by atoms with Gasteiger partial charge in [-0.25, -0.2) is 9.13 Å². The van der Waals surface area contributed by atoms with Gasteiger partial charge < -0.3 is 33.8 Å². The lowest BCUT2D eigenvalue weighted by atomic mass is 9.99. The number of unbranched alkanes of at least 4 members (excludes halogenated alkanes) is 36. The number of rotatable bonds is 71. The standard InChI is InChI=1S/C74H144O17P2/c1-9-67(8)53-45-37-29-21-14-12-10-11-13-15-22-30-38-46-54-71(76)84-60-69(91-74(79)57-49-41-32-24-18-20-27-35-43-51-65(4)5)62-88-92(80,81)86-58-68(75)59-87-93(82,83)89-63-70(61-85-72(77)55-47-39-33-25-28-36-44-52-66(6)7)90-73(78)56-48-40-31-23-17-16-19-26-34-42-50-64(2)3/h64-70,75H,9-63H2,1-8H3,(H,80,81)(H,82,83)/t67?,68?,69-,70-/m1/s1. The van der Waals surface area contributed by atoms with E-state index in [1.807, 2.05) is 0 Å². The molecule has 0 rings (SSSR count). The molecule has 0 aromatic heterocycles. The van der Waals surface area contributed by atoms with Gasteiger partial charge in [-0.05, 0) is 49.4 Å². The second kappa shape index (κ2) is 63.5. The van der Waals surface area contributed by atoms with Gasteiger partial charge in [-0.1, -0.05) is 319 Å². The smallest absolute Gasteiger partial charge is 0.462 e. The highest BCUT2D eigenvalue weighted by atomic mass is 31.2. The Morgan fingerprint density at radius 2 is 0.516 bits per heavy atom. The van der Waals surface area contributed by atoms with E-state index in [2.05, 4.69) is 55.4 Å². The van der Waals surface area contributed by atoms with Crippen LogP contribution in [0.5, 0.6) is 0 Å². The van der Waals surface area contributed by atoms with Crippen LogP contribution < -0.4 is 0 Å². The van der Waals surface area contributed by atoms with Gasteiger partial charge in [0.05, 0.1) is 26.4 Å². The lowest BCUT2D eigenvalue weighted by Gasteiger charge is -2.21. The molecule has 0 fully saturated rings. The summed E-state index contributed by atoms with van der Waals surface area (Å²) in [4.78, 5) is 72.7. The molecule has 17 nitrogen and oxygen atoms in total. The second-order valence-electron chi connectivity index (χ2n) is 28.4. The molecule has 0 saturated carbocycles. The molecule has 0 spiro atoms. The summed E-state index contributed by atoms with van der Waals surface area (Å²) in [5.74, 6) is 0.918. The van der Waals surface area contributed by atoms with Crippen molar-refractivity contribution in [2.45, 2.75) is 388 Å². The highest BCUT2D eigenvalue weighted by Gasteiger charge is 2.30. The topological polar surface area (TPSA) is 237 Å². The fraction of sp³-hybridized carbons (Fsp3) is 0.946.